The molecule has 1 rings (SSSR count). The molecule has 0 aromatic heterocycles. The monoisotopic (exact) mass is 264 g/mol. The van der Waals surface area contributed by atoms with E-state index in [2.05, 4.69) is 5.32 Å². The fourth-order valence-corrected chi connectivity index (χ4v) is 1.37. The Hall–Kier alpha value is -2.37. The number of carboxylic acids is 1. The topological polar surface area (TPSA) is 86.7 Å². The van der Waals surface area contributed by atoms with Crippen LogP contribution in [0.15, 0.2) is 24.3 Å². The number of benzene rings is 1. The lowest BCUT2D eigenvalue weighted by atomic mass is 10.1. The van der Waals surface area contributed by atoms with Crippen LogP contribution in [0.25, 0.3) is 0 Å². The molecular weight excluding hydrogens is 248 g/mol. The van der Waals surface area contributed by atoms with Gasteiger partial charge in [-0.15, -0.1) is 0 Å². The highest BCUT2D eigenvalue weighted by molar-refractivity contribution is 5.96. The van der Waals surface area contributed by atoms with Crippen LogP contribution >= 0.6 is 0 Å². The van der Waals surface area contributed by atoms with Crippen molar-refractivity contribution in [2.45, 2.75) is 6.42 Å². The summed E-state index contributed by atoms with van der Waals surface area (Å²) in [5, 5.41) is 11.3. The molecule has 0 radical (unpaired) electrons. The second-order valence-corrected chi connectivity index (χ2v) is 4.18. The maximum Gasteiger partial charge on any atom is 0.335 e. The molecule has 0 bridgehead atoms. The predicted molar refractivity (Wildman–Crippen MR) is 69.0 cm³/mol. The van der Waals surface area contributed by atoms with Crippen molar-refractivity contribution in [3.8, 4) is 0 Å². The molecule has 0 saturated carbocycles. The van der Waals surface area contributed by atoms with Gasteiger partial charge in [-0.25, -0.2) is 4.79 Å². The Morgan fingerprint density at radius 3 is 2.11 bits per heavy atom. The Morgan fingerprint density at radius 2 is 1.63 bits per heavy atom. The van der Waals surface area contributed by atoms with Gasteiger partial charge < -0.3 is 15.3 Å². The van der Waals surface area contributed by atoms with Crippen LogP contribution < -0.4 is 5.32 Å². The number of carbonyl (C=O) groups excluding carboxylic acids is 2. The standard InChI is InChI=1S/C13H16N2O4/c1-15(2)11(16)7-8-14-12(17)9-3-5-10(6-4-9)13(18)19/h3-6H,7-8H2,1-2H3,(H,14,17)(H,18,19). The zero-order valence-electron chi connectivity index (χ0n) is 10.8. The number of rotatable bonds is 5. The molecule has 1 aromatic carbocycles. The van der Waals surface area contributed by atoms with Crippen molar-refractivity contribution in [3.63, 3.8) is 0 Å². The van der Waals surface area contributed by atoms with E-state index in [1.165, 1.54) is 29.2 Å². The van der Waals surface area contributed by atoms with Crippen LogP contribution in [0.5, 0.6) is 0 Å². The van der Waals surface area contributed by atoms with Crippen LogP contribution in [-0.4, -0.2) is 48.4 Å². The first-order valence-electron chi connectivity index (χ1n) is 5.73. The molecule has 2 amide bonds. The van der Waals surface area contributed by atoms with E-state index < -0.39 is 5.97 Å². The summed E-state index contributed by atoms with van der Waals surface area (Å²) in [6.45, 7) is 0.247. The van der Waals surface area contributed by atoms with Gasteiger partial charge >= 0.3 is 5.97 Å². The molecule has 6 nitrogen and oxygen atoms in total. The van der Waals surface area contributed by atoms with Gasteiger partial charge in [0.1, 0.15) is 0 Å². The quantitative estimate of drug-likeness (QED) is 0.815. The van der Waals surface area contributed by atoms with E-state index in [9.17, 15) is 14.4 Å². The predicted octanol–water partition coefficient (Wildman–Crippen LogP) is 0.593. The van der Waals surface area contributed by atoms with Gasteiger partial charge in [0.05, 0.1) is 5.56 Å². The van der Waals surface area contributed by atoms with E-state index in [0.29, 0.717) is 5.56 Å². The first-order chi connectivity index (χ1) is 8.91. The second kappa shape index (κ2) is 6.53. The number of nitrogens with zero attached hydrogens (tertiary/aromatic N) is 1. The molecule has 0 aliphatic heterocycles. The van der Waals surface area contributed by atoms with Gasteiger partial charge in [0.25, 0.3) is 5.91 Å². The highest BCUT2D eigenvalue weighted by atomic mass is 16.4. The third kappa shape index (κ3) is 4.42. The molecule has 19 heavy (non-hydrogen) atoms. The van der Waals surface area contributed by atoms with E-state index in [1.54, 1.807) is 14.1 Å². The molecule has 0 unspecified atom stereocenters. The summed E-state index contributed by atoms with van der Waals surface area (Å²) in [5.74, 6) is -1.44. The van der Waals surface area contributed by atoms with Crippen molar-refractivity contribution in [2.75, 3.05) is 20.6 Å². The molecule has 6 heteroatoms. The highest BCUT2D eigenvalue weighted by Gasteiger charge is 2.09. The second-order valence-electron chi connectivity index (χ2n) is 4.18. The summed E-state index contributed by atoms with van der Waals surface area (Å²) in [5.41, 5.74) is 0.488. The van der Waals surface area contributed by atoms with Gasteiger partial charge in [-0.3, -0.25) is 9.59 Å². The first kappa shape index (κ1) is 14.7. The van der Waals surface area contributed by atoms with Gasteiger partial charge in [-0.2, -0.15) is 0 Å². The third-order valence-corrected chi connectivity index (χ3v) is 2.52. The Balaban J connectivity index is 2.50. The number of aromatic carboxylic acids is 1. The lowest BCUT2D eigenvalue weighted by Crippen LogP contribution is -2.30. The maximum atomic E-state index is 11.7. The van der Waals surface area contributed by atoms with Gasteiger partial charge in [0, 0.05) is 32.6 Å². The largest absolute Gasteiger partial charge is 0.478 e. The SMILES string of the molecule is CN(C)C(=O)CCNC(=O)c1ccc(C(=O)O)cc1. The highest BCUT2D eigenvalue weighted by Crippen LogP contribution is 2.04. The maximum absolute atomic E-state index is 11.7. The number of nitrogens with one attached hydrogen (secondary N) is 1. The van der Waals surface area contributed by atoms with Crippen molar-refractivity contribution >= 4 is 17.8 Å². The number of hydrogen-bond acceptors (Lipinski definition) is 3. The van der Waals surface area contributed by atoms with E-state index in [-0.39, 0.29) is 30.3 Å². The molecule has 0 heterocycles. The average Bonchev–Trinajstić information content (AvgIpc) is 2.38. The summed E-state index contributed by atoms with van der Waals surface area (Å²) in [6.07, 6.45) is 0.228. The zero-order valence-corrected chi connectivity index (χ0v) is 10.8. The normalized spacial score (nSPS) is 9.79. The van der Waals surface area contributed by atoms with E-state index in [4.69, 9.17) is 5.11 Å². The minimum Gasteiger partial charge on any atom is -0.478 e. The molecule has 1 aromatic rings. The van der Waals surface area contributed by atoms with Gasteiger partial charge in [-0.1, -0.05) is 0 Å². The number of carbonyl (C=O) groups is 3. The molecule has 0 spiro atoms. The number of carboxylic acid groups (broad SMARTS) is 1. The smallest absolute Gasteiger partial charge is 0.335 e. The van der Waals surface area contributed by atoms with Crippen LogP contribution in [0.1, 0.15) is 27.1 Å². The van der Waals surface area contributed by atoms with Crippen LogP contribution in [0.3, 0.4) is 0 Å². The van der Waals surface area contributed by atoms with Crippen molar-refractivity contribution < 1.29 is 19.5 Å². The molecule has 0 aliphatic rings. The third-order valence-electron chi connectivity index (χ3n) is 2.52. The molecule has 0 atom stereocenters. The summed E-state index contributed by atoms with van der Waals surface area (Å²) < 4.78 is 0. The molecule has 0 aliphatic carbocycles. The number of amides is 2. The summed E-state index contributed by atoms with van der Waals surface area (Å²) in [7, 11) is 3.30. The Kier molecular flexibility index (Phi) is 5.05. The van der Waals surface area contributed by atoms with Crippen LogP contribution in [-0.2, 0) is 4.79 Å². The molecule has 0 fully saturated rings. The average molecular weight is 264 g/mol. The van der Waals surface area contributed by atoms with E-state index in [0.717, 1.165) is 0 Å². The fraction of sp³-hybridized carbons (Fsp3) is 0.308. The molecule has 102 valence electrons. The van der Waals surface area contributed by atoms with Crippen molar-refractivity contribution in [1.29, 1.82) is 0 Å². The summed E-state index contributed by atoms with van der Waals surface area (Å²) in [4.78, 5) is 35.1. The Bertz CT molecular complexity index is 480. The van der Waals surface area contributed by atoms with Crippen molar-refractivity contribution in [2.24, 2.45) is 0 Å². The first-order valence-corrected chi connectivity index (χ1v) is 5.73. The van der Waals surface area contributed by atoms with Gasteiger partial charge in [0.15, 0.2) is 0 Å². The Labute approximate surface area is 111 Å². The fourth-order valence-electron chi connectivity index (χ4n) is 1.37. The molecule has 0 saturated heterocycles. The minimum absolute atomic E-state index is 0.0680. The molecular formula is C13H16N2O4. The van der Waals surface area contributed by atoms with Crippen molar-refractivity contribution in [3.05, 3.63) is 35.4 Å². The number of hydrogen-bond donors (Lipinski definition) is 2. The van der Waals surface area contributed by atoms with Gasteiger partial charge in [-0.05, 0) is 24.3 Å². The lowest BCUT2D eigenvalue weighted by Gasteiger charge is -2.10. The minimum atomic E-state index is -1.04. The van der Waals surface area contributed by atoms with Gasteiger partial charge in [0.2, 0.25) is 5.91 Å². The van der Waals surface area contributed by atoms with Crippen molar-refractivity contribution in [1.82, 2.24) is 10.2 Å². The summed E-state index contributed by atoms with van der Waals surface area (Å²) >= 11 is 0. The van der Waals surface area contributed by atoms with E-state index >= 15 is 0 Å². The Morgan fingerprint density at radius 1 is 1.11 bits per heavy atom. The lowest BCUT2D eigenvalue weighted by molar-refractivity contribution is -0.128. The summed E-state index contributed by atoms with van der Waals surface area (Å²) in [6, 6.07) is 5.60. The van der Waals surface area contributed by atoms with E-state index in [1.807, 2.05) is 0 Å². The van der Waals surface area contributed by atoms with Crippen LogP contribution in [0, 0.1) is 0 Å². The van der Waals surface area contributed by atoms with Crippen LogP contribution in [0.2, 0.25) is 0 Å². The molecule has 2 N–H and O–H groups in total. The van der Waals surface area contributed by atoms with Crippen LogP contribution in [0.4, 0.5) is 0 Å². The zero-order chi connectivity index (χ0) is 14.4.